The molecule has 0 unspecified atom stereocenters. The lowest BCUT2D eigenvalue weighted by atomic mass is 9.82. The van der Waals surface area contributed by atoms with Crippen LogP contribution in [-0.2, 0) is 0 Å². The molecule has 1 aromatic rings. The van der Waals surface area contributed by atoms with Crippen LogP contribution in [0.4, 0.5) is 4.39 Å². The number of amides is 1. The first-order valence-electron chi connectivity index (χ1n) is 6.45. The first kappa shape index (κ1) is 14.5. The Bertz CT molecular complexity index is 473. The average molecular weight is 330 g/mol. The van der Waals surface area contributed by atoms with Gasteiger partial charge in [0.15, 0.2) is 0 Å². The van der Waals surface area contributed by atoms with Crippen LogP contribution < -0.4 is 5.32 Å². The molecule has 1 saturated carbocycles. The van der Waals surface area contributed by atoms with Gasteiger partial charge < -0.3 is 10.4 Å². The zero-order chi connectivity index (χ0) is 13.9. The van der Waals surface area contributed by atoms with Gasteiger partial charge in [-0.1, -0.05) is 35.2 Å². The normalized spacial score (nSPS) is 18.1. The number of carbonyl (C=O) groups is 1. The molecular weight excluding hydrogens is 313 g/mol. The predicted molar refractivity (Wildman–Crippen MR) is 74.5 cm³/mol. The molecule has 0 saturated heterocycles. The first-order chi connectivity index (χ1) is 9.06. The maximum absolute atomic E-state index is 13.7. The van der Waals surface area contributed by atoms with Crippen LogP contribution in [0.25, 0.3) is 0 Å². The third kappa shape index (κ3) is 3.34. The highest BCUT2D eigenvalue weighted by atomic mass is 79.9. The molecule has 2 N–H and O–H groups in total. The van der Waals surface area contributed by atoms with E-state index in [2.05, 4.69) is 21.2 Å². The summed E-state index contributed by atoms with van der Waals surface area (Å²) in [6.45, 7) is -0.103. The summed E-state index contributed by atoms with van der Waals surface area (Å²) in [7, 11) is 0. The molecule has 0 bridgehead atoms. The van der Waals surface area contributed by atoms with Gasteiger partial charge in [-0.3, -0.25) is 4.79 Å². The second kappa shape index (κ2) is 6.01. The van der Waals surface area contributed by atoms with E-state index in [1.54, 1.807) is 6.07 Å². The van der Waals surface area contributed by atoms with Gasteiger partial charge in [-0.15, -0.1) is 0 Å². The van der Waals surface area contributed by atoms with E-state index in [1.807, 2.05) is 0 Å². The lowest BCUT2D eigenvalue weighted by molar-refractivity contribution is 0.0755. The summed E-state index contributed by atoms with van der Waals surface area (Å²) < 4.78 is 14.3. The van der Waals surface area contributed by atoms with Gasteiger partial charge in [-0.05, 0) is 31.0 Å². The number of aliphatic hydroxyl groups is 1. The Balaban J connectivity index is 2.17. The Hall–Kier alpha value is -0.940. The van der Waals surface area contributed by atoms with Crippen molar-refractivity contribution in [1.82, 2.24) is 5.32 Å². The van der Waals surface area contributed by atoms with Crippen LogP contribution in [0.3, 0.4) is 0 Å². The molecule has 2 rings (SSSR count). The number of rotatable bonds is 3. The van der Waals surface area contributed by atoms with Crippen LogP contribution in [-0.4, -0.2) is 23.2 Å². The van der Waals surface area contributed by atoms with E-state index in [-0.39, 0.29) is 12.2 Å². The Labute approximate surface area is 120 Å². The second-order valence-corrected chi connectivity index (χ2v) is 5.99. The zero-order valence-electron chi connectivity index (χ0n) is 10.6. The van der Waals surface area contributed by atoms with Crippen LogP contribution in [0, 0.1) is 5.82 Å². The molecule has 0 aliphatic heterocycles. The minimum Gasteiger partial charge on any atom is -0.394 e. The van der Waals surface area contributed by atoms with Crippen LogP contribution in [0.1, 0.15) is 42.5 Å². The Morgan fingerprint density at radius 1 is 1.37 bits per heavy atom. The lowest BCUT2D eigenvalue weighted by Gasteiger charge is -2.36. The van der Waals surface area contributed by atoms with E-state index in [1.165, 1.54) is 12.1 Å². The predicted octanol–water partition coefficient (Wildman–Crippen LogP) is 3.01. The van der Waals surface area contributed by atoms with E-state index in [4.69, 9.17) is 0 Å². The SMILES string of the molecule is O=C(NC1(CO)CCCCC1)c1cc(Br)ccc1F. The summed E-state index contributed by atoms with van der Waals surface area (Å²) in [6.07, 6.45) is 4.54. The van der Waals surface area contributed by atoms with Crippen LogP contribution in [0.2, 0.25) is 0 Å². The smallest absolute Gasteiger partial charge is 0.254 e. The van der Waals surface area contributed by atoms with E-state index in [9.17, 15) is 14.3 Å². The highest BCUT2D eigenvalue weighted by Crippen LogP contribution is 2.28. The maximum Gasteiger partial charge on any atom is 0.254 e. The lowest BCUT2D eigenvalue weighted by Crippen LogP contribution is -2.52. The summed E-state index contributed by atoms with van der Waals surface area (Å²) in [6, 6.07) is 4.26. The molecule has 0 spiro atoms. The summed E-state index contributed by atoms with van der Waals surface area (Å²) in [5.41, 5.74) is -0.586. The number of hydrogen-bond donors (Lipinski definition) is 2. The molecule has 1 aliphatic carbocycles. The molecule has 0 atom stereocenters. The fourth-order valence-corrected chi connectivity index (χ4v) is 2.89. The van der Waals surface area contributed by atoms with Gasteiger partial charge in [0.05, 0.1) is 17.7 Å². The third-order valence-corrected chi connectivity index (χ3v) is 4.16. The molecule has 1 amide bonds. The minimum absolute atomic E-state index is 0.00720. The van der Waals surface area contributed by atoms with Crippen molar-refractivity contribution in [3.05, 3.63) is 34.1 Å². The molecule has 1 aliphatic rings. The number of hydrogen-bond acceptors (Lipinski definition) is 2. The van der Waals surface area contributed by atoms with Gasteiger partial charge in [0.1, 0.15) is 5.82 Å². The molecule has 0 aromatic heterocycles. The van der Waals surface area contributed by atoms with Gasteiger partial charge in [0.2, 0.25) is 0 Å². The molecule has 0 radical (unpaired) electrons. The van der Waals surface area contributed by atoms with Gasteiger partial charge in [-0.2, -0.15) is 0 Å². The van der Waals surface area contributed by atoms with Crippen LogP contribution in [0.5, 0.6) is 0 Å². The van der Waals surface area contributed by atoms with Crippen molar-refractivity contribution in [3.63, 3.8) is 0 Å². The molecule has 3 nitrogen and oxygen atoms in total. The molecule has 104 valence electrons. The van der Waals surface area contributed by atoms with Crippen molar-refractivity contribution in [2.24, 2.45) is 0 Å². The largest absolute Gasteiger partial charge is 0.394 e. The Morgan fingerprint density at radius 3 is 2.68 bits per heavy atom. The Morgan fingerprint density at radius 2 is 2.05 bits per heavy atom. The van der Waals surface area contributed by atoms with E-state index in [0.717, 1.165) is 32.1 Å². The van der Waals surface area contributed by atoms with Crippen LogP contribution in [0.15, 0.2) is 22.7 Å². The second-order valence-electron chi connectivity index (χ2n) is 5.08. The van der Waals surface area contributed by atoms with Gasteiger partial charge >= 0.3 is 0 Å². The topological polar surface area (TPSA) is 49.3 Å². The van der Waals surface area contributed by atoms with Crippen molar-refractivity contribution in [1.29, 1.82) is 0 Å². The quantitative estimate of drug-likeness (QED) is 0.895. The monoisotopic (exact) mass is 329 g/mol. The molecule has 1 fully saturated rings. The summed E-state index contributed by atoms with van der Waals surface area (Å²) in [4.78, 5) is 12.2. The molecule has 1 aromatic carbocycles. The molecule has 0 heterocycles. The molecule has 5 heteroatoms. The van der Waals surface area contributed by atoms with Gasteiger partial charge in [0.25, 0.3) is 5.91 Å². The number of halogens is 2. The minimum atomic E-state index is -0.593. The van der Waals surface area contributed by atoms with E-state index in [0.29, 0.717) is 4.47 Å². The van der Waals surface area contributed by atoms with Crippen molar-refractivity contribution in [2.45, 2.75) is 37.6 Å². The van der Waals surface area contributed by atoms with Gasteiger partial charge in [0, 0.05) is 4.47 Å². The standard InChI is InChI=1S/C14H17BrFNO2/c15-10-4-5-12(16)11(8-10)13(19)17-14(9-18)6-2-1-3-7-14/h4-5,8,18H,1-3,6-7,9H2,(H,17,19). The third-order valence-electron chi connectivity index (χ3n) is 3.67. The summed E-state index contributed by atoms with van der Waals surface area (Å²) in [5, 5.41) is 12.4. The summed E-state index contributed by atoms with van der Waals surface area (Å²) >= 11 is 3.22. The Kier molecular flexibility index (Phi) is 4.58. The molecular formula is C14H17BrFNO2. The van der Waals surface area contributed by atoms with Crippen LogP contribution >= 0.6 is 15.9 Å². The van der Waals surface area contributed by atoms with E-state index >= 15 is 0 Å². The molecule has 19 heavy (non-hydrogen) atoms. The first-order valence-corrected chi connectivity index (χ1v) is 7.24. The fourth-order valence-electron chi connectivity index (χ4n) is 2.53. The van der Waals surface area contributed by atoms with Crippen molar-refractivity contribution in [3.8, 4) is 0 Å². The fraction of sp³-hybridized carbons (Fsp3) is 0.500. The number of benzene rings is 1. The summed E-state index contributed by atoms with van der Waals surface area (Å²) in [5.74, 6) is -1.01. The number of carbonyl (C=O) groups excluding carboxylic acids is 1. The zero-order valence-corrected chi connectivity index (χ0v) is 12.2. The maximum atomic E-state index is 13.7. The number of nitrogens with one attached hydrogen (secondary N) is 1. The highest BCUT2D eigenvalue weighted by Gasteiger charge is 2.33. The van der Waals surface area contributed by atoms with Crippen molar-refractivity contribution < 1.29 is 14.3 Å². The average Bonchev–Trinajstić information content (AvgIpc) is 2.42. The van der Waals surface area contributed by atoms with E-state index < -0.39 is 17.3 Å². The van der Waals surface area contributed by atoms with Crippen molar-refractivity contribution >= 4 is 21.8 Å². The van der Waals surface area contributed by atoms with Gasteiger partial charge in [-0.25, -0.2) is 4.39 Å². The highest BCUT2D eigenvalue weighted by molar-refractivity contribution is 9.10. The van der Waals surface area contributed by atoms with Crippen molar-refractivity contribution in [2.75, 3.05) is 6.61 Å². The number of aliphatic hydroxyl groups excluding tert-OH is 1.